The van der Waals surface area contributed by atoms with Crippen LogP contribution >= 0.6 is 0 Å². The van der Waals surface area contributed by atoms with Gasteiger partial charge in [-0.05, 0) is 43.2 Å². The number of fused-ring (bicyclic) bond motifs is 1. The lowest BCUT2D eigenvalue weighted by atomic mass is 10.1. The van der Waals surface area contributed by atoms with Crippen LogP contribution in [-0.2, 0) is 11.2 Å². The van der Waals surface area contributed by atoms with Gasteiger partial charge in [0.05, 0.1) is 17.1 Å². The number of anilines is 2. The SMILES string of the molecule is N#Cc1c(CCCNC(=O)c2ccc3c(c2)OCC(=O)N3)nn(-c2ccccc2)c1N. The van der Waals surface area contributed by atoms with Gasteiger partial charge in [-0.25, -0.2) is 4.68 Å². The Balaban J connectivity index is 1.36. The van der Waals surface area contributed by atoms with Crippen LogP contribution in [0.2, 0.25) is 0 Å². The van der Waals surface area contributed by atoms with Crippen LogP contribution in [0.1, 0.15) is 28.0 Å². The molecule has 0 saturated carbocycles. The monoisotopic (exact) mass is 416 g/mol. The van der Waals surface area contributed by atoms with E-state index in [2.05, 4.69) is 21.8 Å². The summed E-state index contributed by atoms with van der Waals surface area (Å²) in [6.07, 6.45) is 1.08. The molecule has 0 radical (unpaired) electrons. The van der Waals surface area contributed by atoms with Crippen molar-refractivity contribution < 1.29 is 14.3 Å². The fourth-order valence-corrected chi connectivity index (χ4v) is 3.32. The predicted octanol–water partition coefficient (Wildman–Crippen LogP) is 2.02. The number of carbonyl (C=O) groups is 2. The van der Waals surface area contributed by atoms with Gasteiger partial charge in [-0.3, -0.25) is 9.59 Å². The number of rotatable bonds is 6. The van der Waals surface area contributed by atoms with Gasteiger partial charge in [0.25, 0.3) is 11.8 Å². The van der Waals surface area contributed by atoms with Gasteiger partial charge >= 0.3 is 0 Å². The molecule has 0 unspecified atom stereocenters. The first-order valence-electron chi connectivity index (χ1n) is 9.74. The minimum Gasteiger partial charge on any atom is -0.482 e. The third-order valence-electron chi connectivity index (χ3n) is 4.86. The van der Waals surface area contributed by atoms with E-state index in [0.29, 0.717) is 53.5 Å². The predicted molar refractivity (Wildman–Crippen MR) is 114 cm³/mol. The molecule has 1 aliphatic rings. The van der Waals surface area contributed by atoms with Gasteiger partial charge in [-0.2, -0.15) is 10.4 Å². The second kappa shape index (κ2) is 8.59. The molecule has 2 aromatic carbocycles. The van der Waals surface area contributed by atoms with E-state index in [4.69, 9.17) is 10.5 Å². The fraction of sp³-hybridized carbons (Fsp3) is 0.182. The van der Waals surface area contributed by atoms with Crippen LogP contribution in [-0.4, -0.2) is 34.7 Å². The second-order valence-electron chi connectivity index (χ2n) is 6.97. The summed E-state index contributed by atoms with van der Waals surface area (Å²) < 4.78 is 6.89. The standard InChI is InChI=1S/C22H20N6O3/c23-12-16-17(27-28(21(16)24)15-5-2-1-3-6-15)7-4-10-25-22(30)14-8-9-18-19(11-14)31-13-20(29)26-18/h1-3,5-6,8-9,11H,4,7,10,13,24H2,(H,25,30)(H,26,29). The zero-order chi connectivity index (χ0) is 21.8. The van der Waals surface area contributed by atoms with Crippen LogP contribution in [0.4, 0.5) is 11.5 Å². The number of amides is 2. The summed E-state index contributed by atoms with van der Waals surface area (Å²) >= 11 is 0. The highest BCUT2D eigenvalue weighted by atomic mass is 16.5. The van der Waals surface area contributed by atoms with Gasteiger partial charge in [0.2, 0.25) is 0 Å². The quantitative estimate of drug-likeness (QED) is 0.526. The second-order valence-corrected chi connectivity index (χ2v) is 6.97. The number of nitrogen functional groups attached to an aromatic ring is 1. The molecule has 9 heteroatoms. The molecular weight excluding hydrogens is 396 g/mol. The Morgan fingerprint density at radius 2 is 2.10 bits per heavy atom. The van der Waals surface area contributed by atoms with Crippen LogP contribution in [0, 0.1) is 11.3 Å². The first-order chi connectivity index (χ1) is 15.1. The van der Waals surface area contributed by atoms with Crippen LogP contribution in [0.5, 0.6) is 5.75 Å². The van der Waals surface area contributed by atoms with E-state index < -0.39 is 0 Å². The number of nitrogens with one attached hydrogen (secondary N) is 2. The first-order valence-corrected chi connectivity index (χ1v) is 9.74. The van der Waals surface area contributed by atoms with E-state index in [-0.39, 0.29) is 18.4 Å². The average Bonchev–Trinajstić information content (AvgIpc) is 3.11. The maximum atomic E-state index is 12.4. The maximum Gasteiger partial charge on any atom is 0.262 e. The number of nitrogens with two attached hydrogens (primary N) is 1. The van der Waals surface area contributed by atoms with Gasteiger partial charge < -0.3 is 21.1 Å². The highest BCUT2D eigenvalue weighted by molar-refractivity contribution is 5.98. The molecule has 4 rings (SSSR count). The Bertz CT molecular complexity index is 1180. The number of nitriles is 1. The van der Waals surface area contributed by atoms with E-state index in [0.717, 1.165) is 5.69 Å². The zero-order valence-electron chi connectivity index (χ0n) is 16.6. The molecule has 1 aliphatic heterocycles. The summed E-state index contributed by atoms with van der Waals surface area (Å²) in [5.74, 6) is 0.289. The van der Waals surface area contributed by atoms with Crippen LogP contribution in [0.3, 0.4) is 0 Å². The molecule has 0 aliphatic carbocycles. The third kappa shape index (κ3) is 4.18. The van der Waals surface area contributed by atoms with Crippen molar-refractivity contribution in [3.8, 4) is 17.5 Å². The van der Waals surface area contributed by atoms with Crippen molar-refractivity contribution in [1.82, 2.24) is 15.1 Å². The average molecular weight is 416 g/mol. The van der Waals surface area contributed by atoms with Crippen LogP contribution in [0.25, 0.3) is 5.69 Å². The van der Waals surface area contributed by atoms with Crippen molar-refractivity contribution in [3.63, 3.8) is 0 Å². The summed E-state index contributed by atoms with van der Waals surface area (Å²) in [5, 5.41) is 19.5. The smallest absolute Gasteiger partial charge is 0.262 e. The molecule has 4 N–H and O–H groups in total. The Hall–Kier alpha value is -4.32. The molecule has 0 spiro atoms. The molecule has 156 valence electrons. The number of hydrogen-bond donors (Lipinski definition) is 3. The van der Waals surface area contributed by atoms with E-state index >= 15 is 0 Å². The number of hydrogen-bond acceptors (Lipinski definition) is 6. The summed E-state index contributed by atoms with van der Waals surface area (Å²) in [4.78, 5) is 23.8. The van der Waals surface area contributed by atoms with E-state index in [1.165, 1.54) is 0 Å². The van der Waals surface area contributed by atoms with E-state index in [9.17, 15) is 14.9 Å². The lowest BCUT2D eigenvalue weighted by Crippen LogP contribution is -2.27. The van der Waals surface area contributed by atoms with Gasteiger partial charge in [0, 0.05) is 12.1 Å². The Morgan fingerprint density at radius 1 is 1.29 bits per heavy atom. The van der Waals surface area contributed by atoms with Gasteiger partial charge in [0.1, 0.15) is 23.2 Å². The molecule has 0 saturated heterocycles. The zero-order valence-corrected chi connectivity index (χ0v) is 16.6. The molecule has 31 heavy (non-hydrogen) atoms. The molecule has 0 bridgehead atoms. The largest absolute Gasteiger partial charge is 0.482 e. The summed E-state index contributed by atoms with van der Waals surface area (Å²) in [5.41, 5.74) is 8.81. The maximum absolute atomic E-state index is 12.4. The Morgan fingerprint density at radius 3 is 2.87 bits per heavy atom. The topological polar surface area (TPSA) is 135 Å². The lowest BCUT2D eigenvalue weighted by molar-refractivity contribution is -0.118. The molecule has 0 fully saturated rings. The Kier molecular flexibility index (Phi) is 5.53. The van der Waals surface area contributed by atoms with Crippen LogP contribution in [0.15, 0.2) is 48.5 Å². The lowest BCUT2D eigenvalue weighted by Gasteiger charge is -2.18. The molecule has 9 nitrogen and oxygen atoms in total. The third-order valence-corrected chi connectivity index (χ3v) is 4.86. The number of aromatic nitrogens is 2. The van der Waals surface area contributed by atoms with Crippen molar-refractivity contribution in [2.45, 2.75) is 12.8 Å². The number of aryl methyl sites for hydroxylation is 1. The van der Waals surface area contributed by atoms with Crippen molar-refractivity contribution in [1.29, 1.82) is 5.26 Å². The number of benzene rings is 2. The molecule has 0 atom stereocenters. The van der Waals surface area contributed by atoms with E-state index in [1.807, 2.05) is 30.3 Å². The molecular formula is C22H20N6O3. The fourth-order valence-electron chi connectivity index (χ4n) is 3.32. The number of para-hydroxylation sites is 1. The summed E-state index contributed by atoms with van der Waals surface area (Å²) in [6, 6.07) is 16.3. The van der Waals surface area contributed by atoms with Crippen molar-refractivity contribution in [3.05, 3.63) is 65.4 Å². The van der Waals surface area contributed by atoms with Gasteiger partial charge in [-0.1, -0.05) is 18.2 Å². The van der Waals surface area contributed by atoms with Crippen LogP contribution < -0.4 is 21.1 Å². The Labute approximate surface area is 178 Å². The van der Waals surface area contributed by atoms with Crippen molar-refractivity contribution in [2.24, 2.45) is 0 Å². The van der Waals surface area contributed by atoms with Crippen molar-refractivity contribution in [2.75, 3.05) is 24.2 Å². The molecule has 1 aromatic heterocycles. The van der Waals surface area contributed by atoms with Crippen molar-refractivity contribution >= 4 is 23.3 Å². The van der Waals surface area contributed by atoms with Gasteiger partial charge in [0.15, 0.2) is 6.61 Å². The molecule has 3 aromatic rings. The van der Waals surface area contributed by atoms with Gasteiger partial charge in [-0.15, -0.1) is 0 Å². The number of ether oxygens (including phenoxy) is 1. The normalized spacial score (nSPS) is 12.3. The van der Waals surface area contributed by atoms with E-state index in [1.54, 1.807) is 22.9 Å². The highest BCUT2D eigenvalue weighted by Crippen LogP contribution is 2.28. The molecule has 2 heterocycles. The molecule has 2 amide bonds. The minimum absolute atomic E-state index is 0.0714. The minimum atomic E-state index is -0.252. The number of nitrogens with zero attached hydrogens (tertiary/aromatic N) is 3. The number of carbonyl (C=O) groups excluding carboxylic acids is 2. The first kappa shape index (κ1) is 20.0. The summed E-state index contributed by atoms with van der Waals surface area (Å²) in [6.45, 7) is 0.328. The highest BCUT2D eigenvalue weighted by Gasteiger charge is 2.18. The summed E-state index contributed by atoms with van der Waals surface area (Å²) in [7, 11) is 0.